The number of carbonyl (C=O) groups is 1. The molecule has 4 heteroatoms. The molecule has 110 valence electrons. The van der Waals surface area contributed by atoms with E-state index < -0.39 is 0 Å². The zero-order valence-electron chi connectivity index (χ0n) is 12.7. The highest BCUT2D eigenvalue weighted by Gasteiger charge is 2.13. The van der Waals surface area contributed by atoms with Crippen LogP contribution in [0.25, 0.3) is 0 Å². The average Bonchev–Trinajstić information content (AvgIpc) is 2.50. The van der Waals surface area contributed by atoms with Gasteiger partial charge >= 0.3 is 0 Å². The Hall–Kier alpha value is -2.49. The van der Waals surface area contributed by atoms with Crippen molar-refractivity contribution in [1.82, 2.24) is 5.32 Å². The van der Waals surface area contributed by atoms with E-state index >= 15 is 0 Å². The molecule has 0 aliphatic rings. The number of amides is 1. The lowest BCUT2D eigenvalue weighted by molar-refractivity contribution is 0.0963. The summed E-state index contributed by atoms with van der Waals surface area (Å²) in [7, 11) is 1.62. The Labute approximate surface area is 125 Å². The number of aryl methyl sites for hydroxylation is 1. The Balaban J connectivity index is 2.46. The Kier molecular flexibility index (Phi) is 4.48. The van der Waals surface area contributed by atoms with Gasteiger partial charge in [-0.2, -0.15) is 0 Å². The topological polar surface area (TPSA) is 58.4 Å². The van der Waals surface area contributed by atoms with Gasteiger partial charge in [-0.3, -0.25) is 4.79 Å². The summed E-state index contributed by atoms with van der Waals surface area (Å²) in [6, 6.07) is 13.6. The van der Waals surface area contributed by atoms with Gasteiger partial charge in [0.25, 0.3) is 5.91 Å². The maximum atomic E-state index is 11.8. The third kappa shape index (κ3) is 3.16. The third-order valence-corrected chi connectivity index (χ3v) is 3.47. The number of rotatable bonds is 4. The summed E-state index contributed by atoms with van der Waals surface area (Å²) in [5, 5.41) is 2.63. The predicted octanol–water partition coefficient (Wildman–Crippen LogP) is 3.09. The van der Waals surface area contributed by atoms with Crippen LogP contribution in [0.5, 0.6) is 0 Å². The molecule has 0 aromatic heterocycles. The van der Waals surface area contributed by atoms with Crippen LogP contribution in [0.3, 0.4) is 0 Å². The third-order valence-electron chi connectivity index (χ3n) is 3.47. The van der Waals surface area contributed by atoms with Crippen molar-refractivity contribution in [2.45, 2.75) is 13.8 Å². The number of hydrogen-bond donors (Lipinski definition) is 2. The molecule has 0 saturated carbocycles. The van der Waals surface area contributed by atoms with E-state index in [1.807, 2.05) is 6.07 Å². The molecule has 2 aromatic carbocycles. The molecule has 3 N–H and O–H groups in total. The Morgan fingerprint density at radius 1 is 1.19 bits per heavy atom. The van der Waals surface area contributed by atoms with Crippen LogP contribution in [0.1, 0.15) is 22.8 Å². The van der Waals surface area contributed by atoms with Gasteiger partial charge in [-0.15, -0.1) is 0 Å². The van der Waals surface area contributed by atoms with Gasteiger partial charge in [0.05, 0.1) is 11.4 Å². The molecular formula is C17H21N3O. The number of hydrogen-bond acceptors (Lipinski definition) is 3. The quantitative estimate of drug-likeness (QED) is 0.848. The number of carbonyl (C=O) groups excluding carboxylic acids is 1. The Morgan fingerprint density at radius 3 is 2.43 bits per heavy atom. The van der Waals surface area contributed by atoms with E-state index in [1.54, 1.807) is 19.2 Å². The lowest BCUT2D eigenvalue weighted by Gasteiger charge is -2.25. The minimum atomic E-state index is -0.115. The number of benzene rings is 2. The molecule has 0 aliphatic carbocycles. The highest BCUT2D eigenvalue weighted by Crippen LogP contribution is 2.31. The van der Waals surface area contributed by atoms with Crippen LogP contribution in [-0.2, 0) is 0 Å². The van der Waals surface area contributed by atoms with Crippen molar-refractivity contribution in [2.24, 2.45) is 0 Å². The molecule has 0 radical (unpaired) electrons. The summed E-state index contributed by atoms with van der Waals surface area (Å²) in [6.07, 6.45) is 0. The fourth-order valence-electron chi connectivity index (χ4n) is 2.28. The summed E-state index contributed by atoms with van der Waals surface area (Å²) in [5.74, 6) is -0.115. The summed E-state index contributed by atoms with van der Waals surface area (Å²) >= 11 is 0. The first-order chi connectivity index (χ1) is 10.1. The minimum Gasteiger partial charge on any atom is -0.397 e. The zero-order valence-corrected chi connectivity index (χ0v) is 12.7. The molecule has 0 atom stereocenters. The molecule has 0 spiro atoms. The lowest BCUT2D eigenvalue weighted by atomic mass is 10.1. The van der Waals surface area contributed by atoms with Gasteiger partial charge in [-0.25, -0.2) is 0 Å². The maximum absolute atomic E-state index is 11.8. The molecule has 2 rings (SSSR count). The van der Waals surface area contributed by atoms with E-state index in [2.05, 4.69) is 48.3 Å². The largest absolute Gasteiger partial charge is 0.397 e. The fraction of sp³-hybridized carbons (Fsp3) is 0.235. The SMILES string of the molecule is CCN(c1ccc(C)cc1)c1cc(C(=O)NC)ccc1N. The first-order valence-corrected chi connectivity index (χ1v) is 7.02. The van der Waals surface area contributed by atoms with Gasteiger partial charge in [0.1, 0.15) is 0 Å². The normalized spacial score (nSPS) is 10.2. The second kappa shape index (κ2) is 6.31. The van der Waals surface area contributed by atoms with E-state index in [0.717, 1.165) is 17.9 Å². The van der Waals surface area contributed by atoms with Crippen molar-refractivity contribution in [3.05, 3.63) is 53.6 Å². The van der Waals surface area contributed by atoms with E-state index in [-0.39, 0.29) is 5.91 Å². The molecule has 2 aromatic rings. The lowest BCUT2D eigenvalue weighted by Crippen LogP contribution is -2.21. The predicted molar refractivity (Wildman–Crippen MR) is 88.1 cm³/mol. The summed E-state index contributed by atoms with van der Waals surface area (Å²) in [5.41, 5.74) is 10.5. The Bertz CT molecular complexity index is 635. The van der Waals surface area contributed by atoms with E-state index in [9.17, 15) is 4.79 Å². The second-order valence-electron chi connectivity index (χ2n) is 4.93. The molecule has 0 unspecified atom stereocenters. The zero-order chi connectivity index (χ0) is 15.4. The standard InChI is InChI=1S/C17H21N3O/c1-4-20(14-8-5-12(2)6-9-14)16-11-13(17(21)19-3)7-10-15(16)18/h5-11H,4,18H2,1-3H3,(H,19,21). The highest BCUT2D eigenvalue weighted by atomic mass is 16.1. The number of nitrogens with two attached hydrogens (primary N) is 1. The van der Waals surface area contributed by atoms with Crippen molar-refractivity contribution >= 4 is 23.0 Å². The van der Waals surface area contributed by atoms with Crippen molar-refractivity contribution in [3.63, 3.8) is 0 Å². The molecular weight excluding hydrogens is 262 g/mol. The molecule has 0 bridgehead atoms. The van der Waals surface area contributed by atoms with Crippen molar-refractivity contribution in [1.29, 1.82) is 0 Å². The van der Waals surface area contributed by atoms with Gasteiger partial charge in [0, 0.05) is 24.8 Å². The Morgan fingerprint density at radius 2 is 1.86 bits per heavy atom. The van der Waals surface area contributed by atoms with Gasteiger partial charge in [-0.1, -0.05) is 17.7 Å². The van der Waals surface area contributed by atoms with Crippen LogP contribution < -0.4 is 16.0 Å². The van der Waals surface area contributed by atoms with Crippen molar-refractivity contribution < 1.29 is 4.79 Å². The molecule has 0 aliphatic heterocycles. The van der Waals surface area contributed by atoms with Crippen molar-refractivity contribution in [3.8, 4) is 0 Å². The van der Waals surface area contributed by atoms with Crippen LogP contribution in [0.15, 0.2) is 42.5 Å². The van der Waals surface area contributed by atoms with Crippen LogP contribution in [0.2, 0.25) is 0 Å². The molecule has 0 fully saturated rings. The van der Waals surface area contributed by atoms with E-state index in [4.69, 9.17) is 5.73 Å². The molecule has 1 amide bonds. The highest BCUT2D eigenvalue weighted by molar-refractivity contribution is 5.96. The monoisotopic (exact) mass is 283 g/mol. The van der Waals surface area contributed by atoms with Crippen molar-refractivity contribution in [2.75, 3.05) is 24.2 Å². The van der Waals surface area contributed by atoms with E-state index in [0.29, 0.717) is 11.3 Å². The second-order valence-corrected chi connectivity index (χ2v) is 4.93. The smallest absolute Gasteiger partial charge is 0.251 e. The number of anilines is 3. The summed E-state index contributed by atoms with van der Waals surface area (Å²) in [4.78, 5) is 13.9. The summed E-state index contributed by atoms with van der Waals surface area (Å²) in [6.45, 7) is 4.89. The van der Waals surface area contributed by atoms with Crippen LogP contribution in [0.4, 0.5) is 17.1 Å². The molecule has 4 nitrogen and oxygen atoms in total. The first-order valence-electron chi connectivity index (χ1n) is 7.02. The van der Waals surface area contributed by atoms with Crippen LogP contribution in [0, 0.1) is 6.92 Å². The number of nitrogens with one attached hydrogen (secondary N) is 1. The molecule has 0 saturated heterocycles. The summed E-state index contributed by atoms with van der Waals surface area (Å²) < 4.78 is 0. The maximum Gasteiger partial charge on any atom is 0.251 e. The van der Waals surface area contributed by atoms with E-state index in [1.165, 1.54) is 5.56 Å². The first kappa shape index (κ1) is 14.9. The average molecular weight is 283 g/mol. The van der Waals surface area contributed by atoms with Gasteiger partial charge in [0.2, 0.25) is 0 Å². The number of nitrogens with zero attached hydrogens (tertiary/aromatic N) is 1. The minimum absolute atomic E-state index is 0.115. The van der Waals surface area contributed by atoms with Crippen LogP contribution >= 0.6 is 0 Å². The fourth-order valence-corrected chi connectivity index (χ4v) is 2.28. The van der Waals surface area contributed by atoms with Gasteiger partial charge in [0.15, 0.2) is 0 Å². The van der Waals surface area contributed by atoms with Gasteiger partial charge < -0.3 is 16.0 Å². The molecule has 0 heterocycles. The number of nitrogen functional groups attached to an aromatic ring is 1. The van der Waals surface area contributed by atoms with Gasteiger partial charge in [-0.05, 0) is 44.2 Å². The van der Waals surface area contributed by atoms with Crippen LogP contribution in [-0.4, -0.2) is 19.5 Å². The molecule has 21 heavy (non-hydrogen) atoms.